The highest BCUT2D eigenvalue weighted by molar-refractivity contribution is 5.39. The molecule has 1 saturated heterocycles. The maximum Gasteiger partial charge on any atom is 0.0911 e. The first kappa shape index (κ1) is 13.6. The summed E-state index contributed by atoms with van der Waals surface area (Å²) in [6.45, 7) is 10.3. The summed E-state index contributed by atoms with van der Waals surface area (Å²) in [5.41, 5.74) is 4.14. The van der Waals surface area contributed by atoms with E-state index in [-0.39, 0.29) is 0 Å². The summed E-state index contributed by atoms with van der Waals surface area (Å²) in [6.07, 6.45) is 2.26. The van der Waals surface area contributed by atoms with Gasteiger partial charge in [0.05, 0.1) is 5.60 Å². The SMILES string of the molecule is Cc1cc(C)c(C(C)(O)C2CCCNC2)cc1C. The Hall–Kier alpha value is -0.860. The molecule has 0 bridgehead atoms. The van der Waals surface area contributed by atoms with E-state index >= 15 is 0 Å². The highest BCUT2D eigenvalue weighted by Gasteiger charge is 2.35. The summed E-state index contributed by atoms with van der Waals surface area (Å²) >= 11 is 0. The minimum Gasteiger partial charge on any atom is -0.385 e. The number of benzene rings is 1. The molecule has 0 radical (unpaired) electrons. The van der Waals surface area contributed by atoms with E-state index in [1.54, 1.807) is 0 Å². The molecular weight excluding hydrogens is 222 g/mol. The quantitative estimate of drug-likeness (QED) is 0.842. The fourth-order valence-corrected chi connectivity index (χ4v) is 3.06. The summed E-state index contributed by atoms with van der Waals surface area (Å²) in [4.78, 5) is 0. The van der Waals surface area contributed by atoms with Gasteiger partial charge >= 0.3 is 0 Å². The van der Waals surface area contributed by atoms with Crippen LogP contribution in [0.5, 0.6) is 0 Å². The number of hydrogen-bond donors (Lipinski definition) is 2. The van der Waals surface area contributed by atoms with Crippen LogP contribution in [0.1, 0.15) is 42.0 Å². The highest BCUT2D eigenvalue weighted by Crippen LogP contribution is 2.36. The Labute approximate surface area is 110 Å². The zero-order valence-corrected chi connectivity index (χ0v) is 12.0. The summed E-state index contributed by atoms with van der Waals surface area (Å²) in [5, 5.41) is 14.4. The molecule has 1 aromatic carbocycles. The number of nitrogens with one attached hydrogen (secondary N) is 1. The second-order valence-electron chi connectivity index (χ2n) is 5.94. The van der Waals surface area contributed by atoms with Crippen LogP contribution in [-0.4, -0.2) is 18.2 Å². The summed E-state index contributed by atoms with van der Waals surface area (Å²) in [5.74, 6) is 0.312. The Bertz CT molecular complexity index is 431. The molecular formula is C16H25NO. The second-order valence-corrected chi connectivity index (χ2v) is 5.94. The van der Waals surface area contributed by atoms with Crippen molar-refractivity contribution in [3.05, 3.63) is 34.4 Å². The van der Waals surface area contributed by atoms with Crippen molar-refractivity contribution < 1.29 is 5.11 Å². The van der Waals surface area contributed by atoms with Gasteiger partial charge in [-0.3, -0.25) is 0 Å². The third-order valence-electron chi connectivity index (χ3n) is 4.48. The van der Waals surface area contributed by atoms with Gasteiger partial charge in [0, 0.05) is 12.5 Å². The van der Waals surface area contributed by atoms with Crippen LogP contribution in [0, 0.1) is 26.7 Å². The minimum absolute atomic E-state index is 0.312. The molecule has 2 nitrogen and oxygen atoms in total. The maximum atomic E-state index is 11.0. The van der Waals surface area contributed by atoms with Gasteiger partial charge in [-0.2, -0.15) is 0 Å². The summed E-state index contributed by atoms with van der Waals surface area (Å²) < 4.78 is 0. The Morgan fingerprint density at radius 1 is 1.17 bits per heavy atom. The van der Waals surface area contributed by atoms with Gasteiger partial charge in [-0.25, -0.2) is 0 Å². The topological polar surface area (TPSA) is 32.3 Å². The van der Waals surface area contributed by atoms with Crippen LogP contribution in [-0.2, 0) is 5.60 Å². The van der Waals surface area contributed by atoms with Crippen molar-refractivity contribution in [1.82, 2.24) is 5.32 Å². The van der Waals surface area contributed by atoms with Crippen molar-refractivity contribution in [1.29, 1.82) is 0 Å². The monoisotopic (exact) mass is 247 g/mol. The van der Waals surface area contributed by atoms with Crippen LogP contribution in [0.15, 0.2) is 12.1 Å². The lowest BCUT2D eigenvalue weighted by Gasteiger charge is -2.37. The van der Waals surface area contributed by atoms with E-state index in [1.807, 2.05) is 6.92 Å². The zero-order valence-electron chi connectivity index (χ0n) is 12.0. The molecule has 2 N–H and O–H groups in total. The Kier molecular flexibility index (Phi) is 3.79. The van der Waals surface area contributed by atoms with E-state index in [9.17, 15) is 5.11 Å². The molecule has 2 unspecified atom stereocenters. The highest BCUT2D eigenvalue weighted by atomic mass is 16.3. The molecule has 2 heteroatoms. The fourth-order valence-electron chi connectivity index (χ4n) is 3.06. The van der Waals surface area contributed by atoms with Gasteiger partial charge in [0.1, 0.15) is 0 Å². The summed E-state index contributed by atoms with van der Waals surface area (Å²) in [7, 11) is 0. The van der Waals surface area contributed by atoms with E-state index < -0.39 is 5.60 Å². The van der Waals surface area contributed by atoms with Crippen molar-refractivity contribution >= 4 is 0 Å². The molecule has 18 heavy (non-hydrogen) atoms. The zero-order chi connectivity index (χ0) is 13.3. The fraction of sp³-hybridized carbons (Fsp3) is 0.625. The van der Waals surface area contributed by atoms with Gasteiger partial charge in [0.2, 0.25) is 0 Å². The van der Waals surface area contributed by atoms with E-state index in [0.29, 0.717) is 5.92 Å². The smallest absolute Gasteiger partial charge is 0.0911 e. The van der Waals surface area contributed by atoms with Gasteiger partial charge in [0.15, 0.2) is 0 Å². The Morgan fingerprint density at radius 3 is 2.44 bits per heavy atom. The van der Waals surface area contributed by atoms with E-state index in [0.717, 1.165) is 31.5 Å². The van der Waals surface area contributed by atoms with Gasteiger partial charge in [0.25, 0.3) is 0 Å². The molecule has 1 aliphatic heterocycles. The summed E-state index contributed by atoms with van der Waals surface area (Å²) in [6, 6.07) is 4.36. The number of piperidine rings is 1. The lowest BCUT2D eigenvalue weighted by atomic mass is 9.76. The van der Waals surface area contributed by atoms with E-state index in [4.69, 9.17) is 0 Å². The predicted molar refractivity (Wildman–Crippen MR) is 75.8 cm³/mol. The van der Waals surface area contributed by atoms with Crippen LogP contribution < -0.4 is 5.32 Å². The van der Waals surface area contributed by atoms with Crippen LogP contribution in [0.4, 0.5) is 0 Å². The van der Waals surface area contributed by atoms with Gasteiger partial charge in [-0.15, -0.1) is 0 Å². The van der Waals surface area contributed by atoms with Crippen molar-refractivity contribution in [2.75, 3.05) is 13.1 Å². The largest absolute Gasteiger partial charge is 0.385 e. The van der Waals surface area contributed by atoms with E-state index in [2.05, 4.69) is 38.2 Å². The Balaban J connectivity index is 2.36. The third-order valence-corrected chi connectivity index (χ3v) is 4.48. The number of rotatable bonds is 2. The number of aliphatic hydroxyl groups is 1. The average Bonchev–Trinajstić information content (AvgIpc) is 2.34. The van der Waals surface area contributed by atoms with Crippen molar-refractivity contribution in [3.63, 3.8) is 0 Å². The maximum absolute atomic E-state index is 11.0. The lowest BCUT2D eigenvalue weighted by molar-refractivity contribution is -0.0162. The standard InChI is InChI=1S/C16H25NO/c1-11-8-13(3)15(9-12(11)2)16(4,18)14-6-5-7-17-10-14/h8-9,14,17-18H,5-7,10H2,1-4H3. The molecule has 0 saturated carbocycles. The first-order valence-corrected chi connectivity index (χ1v) is 6.94. The van der Waals surface area contributed by atoms with Crippen LogP contribution in [0.25, 0.3) is 0 Å². The van der Waals surface area contributed by atoms with Gasteiger partial charge in [-0.05, 0) is 69.3 Å². The molecule has 0 amide bonds. The third kappa shape index (κ3) is 2.45. The number of hydrogen-bond acceptors (Lipinski definition) is 2. The molecule has 0 spiro atoms. The first-order chi connectivity index (χ1) is 8.43. The molecule has 0 aliphatic carbocycles. The van der Waals surface area contributed by atoms with Crippen LogP contribution in [0.2, 0.25) is 0 Å². The van der Waals surface area contributed by atoms with Crippen molar-refractivity contribution in [2.45, 2.75) is 46.1 Å². The second kappa shape index (κ2) is 5.02. The molecule has 0 aromatic heterocycles. The molecule has 100 valence electrons. The van der Waals surface area contributed by atoms with Gasteiger partial charge < -0.3 is 10.4 Å². The van der Waals surface area contributed by atoms with Crippen LogP contribution in [0.3, 0.4) is 0 Å². The Morgan fingerprint density at radius 2 is 1.83 bits per heavy atom. The molecule has 2 rings (SSSR count). The van der Waals surface area contributed by atoms with Crippen molar-refractivity contribution in [3.8, 4) is 0 Å². The normalized spacial score (nSPS) is 23.7. The molecule has 1 aromatic rings. The molecule has 1 aliphatic rings. The van der Waals surface area contributed by atoms with Gasteiger partial charge in [-0.1, -0.05) is 12.1 Å². The lowest BCUT2D eigenvalue weighted by Crippen LogP contribution is -2.42. The molecule has 2 atom stereocenters. The van der Waals surface area contributed by atoms with E-state index in [1.165, 1.54) is 16.7 Å². The molecule has 1 heterocycles. The number of aryl methyl sites for hydroxylation is 3. The average molecular weight is 247 g/mol. The minimum atomic E-state index is -0.726. The predicted octanol–water partition coefficient (Wildman–Crippen LogP) is 2.82. The molecule has 1 fully saturated rings. The van der Waals surface area contributed by atoms with Crippen molar-refractivity contribution in [2.24, 2.45) is 5.92 Å². The first-order valence-electron chi connectivity index (χ1n) is 6.94. The van der Waals surface area contributed by atoms with Crippen LogP contribution >= 0.6 is 0 Å².